The topological polar surface area (TPSA) is 36.4 Å². The Morgan fingerprint density at radius 2 is 2.00 bits per heavy atom. The molecule has 3 saturated heterocycles. The normalized spacial score (nSPS) is 24.4. The van der Waals surface area contributed by atoms with Crippen molar-refractivity contribution in [1.29, 1.82) is 0 Å². The van der Waals surface area contributed by atoms with Gasteiger partial charge in [0.05, 0.1) is 23.7 Å². The van der Waals surface area contributed by atoms with Crippen molar-refractivity contribution >= 4 is 28.8 Å². The van der Waals surface area contributed by atoms with E-state index in [1.54, 1.807) is 11.3 Å². The highest BCUT2D eigenvalue weighted by Gasteiger charge is 2.40. The molecule has 0 N–H and O–H groups in total. The quantitative estimate of drug-likeness (QED) is 0.837. The van der Waals surface area contributed by atoms with Crippen molar-refractivity contribution < 1.29 is 4.79 Å². The first-order valence-electron chi connectivity index (χ1n) is 8.33. The van der Waals surface area contributed by atoms with Crippen molar-refractivity contribution in [2.75, 3.05) is 13.1 Å². The number of amides is 1. The van der Waals surface area contributed by atoms with Crippen LogP contribution in [-0.4, -0.2) is 39.8 Å². The van der Waals surface area contributed by atoms with Crippen LogP contribution in [0.25, 0.3) is 0 Å². The fourth-order valence-corrected chi connectivity index (χ4v) is 4.48. The molecule has 0 unspecified atom stereocenters. The molecule has 24 heavy (non-hydrogen) atoms. The summed E-state index contributed by atoms with van der Waals surface area (Å²) in [6.45, 7) is 3.32. The van der Waals surface area contributed by atoms with Gasteiger partial charge >= 0.3 is 0 Å². The molecule has 126 valence electrons. The molecule has 1 amide bonds. The molecule has 1 aromatic heterocycles. The van der Waals surface area contributed by atoms with E-state index in [0.29, 0.717) is 18.5 Å². The molecule has 3 fully saturated rings. The summed E-state index contributed by atoms with van der Waals surface area (Å²) in [5, 5.41) is 2.80. The number of fused-ring (bicyclic) bond motifs is 4. The van der Waals surface area contributed by atoms with Crippen LogP contribution in [0.3, 0.4) is 0 Å². The first kappa shape index (κ1) is 16.1. The van der Waals surface area contributed by atoms with Crippen molar-refractivity contribution in [2.45, 2.75) is 32.0 Å². The van der Waals surface area contributed by atoms with Crippen molar-refractivity contribution in [3.8, 4) is 0 Å². The number of carbonyl (C=O) groups excluding carboxylic acids is 1. The van der Waals surface area contributed by atoms with Gasteiger partial charge in [-0.1, -0.05) is 23.7 Å². The summed E-state index contributed by atoms with van der Waals surface area (Å²) in [5.41, 5.74) is 4.09. The zero-order valence-corrected chi connectivity index (χ0v) is 15.0. The van der Waals surface area contributed by atoms with Crippen LogP contribution in [0.1, 0.15) is 24.1 Å². The van der Waals surface area contributed by atoms with Gasteiger partial charge in [0.15, 0.2) is 0 Å². The molecule has 1 aromatic carbocycles. The molecule has 2 atom stereocenters. The maximum Gasteiger partial charge on any atom is 0.227 e. The number of nitrogens with zero attached hydrogens (tertiary/aromatic N) is 3. The third-order valence-corrected chi connectivity index (χ3v) is 5.89. The highest BCUT2D eigenvalue weighted by Crippen LogP contribution is 2.31. The Morgan fingerprint density at radius 1 is 1.17 bits per heavy atom. The Morgan fingerprint density at radius 3 is 2.75 bits per heavy atom. The van der Waals surface area contributed by atoms with Gasteiger partial charge in [-0.25, -0.2) is 4.98 Å². The summed E-state index contributed by atoms with van der Waals surface area (Å²) >= 11 is 7.56. The molecule has 2 bridgehead atoms. The van der Waals surface area contributed by atoms with E-state index in [-0.39, 0.29) is 5.92 Å². The van der Waals surface area contributed by atoms with Crippen molar-refractivity contribution in [3.05, 3.63) is 51.4 Å². The van der Waals surface area contributed by atoms with Crippen molar-refractivity contribution in [1.82, 2.24) is 14.8 Å². The SMILES string of the molecule is O=C1[C@H]2CC[C@H](CN(Cc3ccc(Cl)cc3)C2)N1Cc1cscn1. The van der Waals surface area contributed by atoms with E-state index in [0.717, 1.165) is 43.2 Å². The number of benzene rings is 1. The molecule has 0 radical (unpaired) electrons. The number of rotatable bonds is 4. The minimum atomic E-state index is 0.120. The van der Waals surface area contributed by atoms with Gasteiger partial charge in [-0.3, -0.25) is 9.69 Å². The summed E-state index contributed by atoms with van der Waals surface area (Å²) in [6.07, 6.45) is 2.10. The number of halogens is 1. The van der Waals surface area contributed by atoms with Crippen LogP contribution in [0.4, 0.5) is 0 Å². The van der Waals surface area contributed by atoms with Gasteiger partial charge in [-0.05, 0) is 30.5 Å². The average molecular weight is 362 g/mol. The summed E-state index contributed by atoms with van der Waals surface area (Å²) in [6, 6.07) is 8.31. The van der Waals surface area contributed by atoms with Crippen LogP contribution in [0.2, 0.25) is 5.02 Å². The third kappa shape index (κ3) is 3.34. The molecule has 0 saturated carbocycles. The molecular weight excluding hydrogens is 342 g/mol. The molecule has 5 rings (SSSR count). The minimum Gasteiger partial charge on any atom is -0.332 e. The van der Waals surface area contributed by atoms with Crippen molar-refractivity contribution in [3.63, 3.8) is 0 Å². The number of carbonyl (C=O) groups is 1. The predicted octanol–water partition coefficient (Wildman–Crippen LogP) is 3.42. The third-order valence-electron chi connectivity index (χ3n) is 5.00. The molecule has 0 spiro atoms. The molecule has 0 aliphatic carbocycles. The monoisotopic (exact) mass is 361 g/mol. The summed E-state index contributed by atoms with van der Waals surface area (Å²) in [7, 11) is 0. The Bertz CT molecular complexity index is 704. The second-order valence-electron chi connectivity index (χ2n) is 6.69. The molecule has 2 aromatic rings. The highest BCUT2D eigenvalue weighted by atomic mass is 35.5. The molecule has 4 heterocycles. The fraction of sp³-hybridized carbons (Fsp3) is 0.444. The predicted molar refractivity (Wildman–Crippen MR) is 95.9 cm³/mol. The number of thiazole rings is 1. The van der Waals surface area contributed by atoms with Gasteiger partial charge in [0.1, 0.15) is 0 Å². The van der Waals surface area contributed by atoms with Crippen molar-refractivity contribution in [2.24, 2.45) is 5.92 Å². The number of hydrogen-bond acceptors (Lipinski definition) is 4. The second kappa shape index (κ2) is 6.82. The molecule has 3 aliphatic rings. The zero-order valence-electron chi connectivity index (χ0n) is 13.4. The average Bonchev–Trinajstić information content (AvgIpc) is 2.96. The van der Waals surface area contributed by atoms with E-state index in [1.807, 2.05) is 23.0 Å². The Labute approximate surface area is 151 Å². The van der Waals surface area contributed by atoms with Gasteiger partial charge in [-0.15, -0.1) is 11.3 Å². The minimum absolute atomic E-state index is 0.120. The molecule has 4 nitrogen and oxygen atoms in total. The lowest BCUT2D eigenvalue weighted by Crippen LogP contribution is -2.47. The van der Waals surface area contributed by atoms with E-state index in [4.69, 9.17) is 11.6 Å². The zero-order chi connectivity index (χ0) is 16.5. The summed E-state index contributed by atoms with van der Waals surface area (Å²) in [5.74, 6) is 0.424. The fourth-order valence-electron chi connectivity index (χ4n) is 3.81. The van der Waals surface area contributed by atoms with Crippen LogP contribution >= 0.6 is 22.9 Å². The van der Waals surface area contributed by atoms with E-state index in [1.165, 1.54) is 5.56 Å². The van der Waals surface area contributed by atoms with Crippen LogP contribution < -0.4 is 0 Å². The van der Waals surface area contributed by atoms with E-state index >= 15 is 0 Å². The van der Waals surface area contributed by atoms with Crippen LogP contribution in [-0.2, 0) is 17.9 Å². The summed E-state index contributed by atoms with van der Waals surface area (Å²) in [4.78, 5) is 21.7. The highest BCUT2D eigenvalue weighted by molar-refractivity contribution is 7.07. The number of hydrogen-bond donors (Lipinski definition) is 0. The summed E-state index contributed by atoms with van der Waals surface area (Å²) < 4.78 is 0. The first-order valence-corrected chi connectivity index (χ1v) is 9.65. The van der Waals surface area contributed by atoms with E-state index < -0.39 is 0 Å². The molecular formula is C18H20ClN3OS. The Balaban J connectivity index is 1.49. The smallest absolute Gasteiger partial charge is 0.227 e. The number of piperidine rings is 1. The first-order chi connectivity index (χ1) is 11.7. The largest absolute Gasteiger partial charge is 0.332 e. The lowest BCUT2D eigenvalue weighted by atomic mass is 9.94. The van der Waals surface area contributed by atoms with Crippen LogP contribution in [0, 0.1) is 5.92 Å². The standard InChI is InChI=1S/C18H20ClN3OS/c19-15-4-1-13(2-5-15)7-21-8-14-3-6-17(10-21)22(18(14)23)9-16-11-24-12-20-16/h1-2,4-5,11-12,14,17H,3,6-10H2/t14-,17+/m0/s1. The molecule has 6 heteroatoms. The van der Waals surface area contributed by atoms with Gasteiger partial charge in [0.25, 0.3) is 0 Å². The van der Waals surface area contributed by atoms with E-state index in [2.05, 4.69) is 26.9 Å². The van der Waals surface area contributed by atoms with Crippen LogP contribution in [0.5, 0.6) is 0 Å². The van der Waals surface area contributed by atoms with Gasteiger partial charge in [0.2, 0.25) is 5.91 Å². The maximum atomic E-state index is 12.8. The Hall–Kier alpha value is -1.43. The van der Waals surface area contributed by atoms with Gasteiger partial charge < -0.3 is 4.90 Å². The van der Waals surface area contributed by atoms with Gasteiger partial charge in [-0.2, -0.15) is 0 Å². The van der Waals surface area contributed by atoms with Gasteiger partial charge in [0, 0.05) is 36.1 Å². The Kier molecular flexibility index (Phi) is 4.57. The van der Waals surface area contributed by atoms with E-state index in [9.17, 15) is 4.79 Å². The maximum absolute atomic E-state index is 12.8. The lowest BCUT2D eigenvalue weighted by Gasteiger charge is -2.35. The molecule has 3 aliphatic heterocycles. The number of aromatic nitrogens is 1. The van der Waals surface area contributed by atoms with Crippen LogP contribution in [0.15, 0.2) is 35.2 Å². The lowest BCUT2D eigenvalue weighted by molar-refractivity contribution is -0.140. The second-order valence-corrected chi connectivity index (χ2v) is 7.85.